The summed E-state index contributed by atoms with van der Waals surface area (Å²) < 4.78 is 0. The zero-order valence-corrected chi connectivity index (χ0v) is 11.9. The standard InChI is InChI=1S/C15H18ClN3/c1-3-18-14-8-15(10-17-9-14)19-11(2)12-5-4-6-13(16)7-12/h4-11,18-19H,3H2,1-2H3. The van der Waals surface area contributed by atoms with Crippen molar-refractivity contribution in [1.29, 1.82) is 0 Å². The van der Waals surface area contributed by atoms with E-state index in [4.69, 9.17) is 11.6 Å². The Morgan fingerprint density at radius 3 is 2.74 bits per heavy atom. The third-order valence-corrected chi connectivity index (χ3v) is 3.09. The second kappa shape index (κ2) is 6.43. The monoisotopic (exact) mass is 275 g/mol. The number of hydrogen-bond donors (Lipinski definition) is 2. The Labute approximate surface area is 119 Å². The van der Waals surface area contributed by atoms with Crippen LogP contribution in [0.4, 0.5) is 11.4 Å². The first kappa shape index (κ1) is 13.7. The first-order valence-corrected chi connectivity index (χ1v) is 6.77. The van der Waals surface area contributed by atoms with Crippen molar-refractivity contribution in [3.8, 4) is 0 Å². The Morgan fingerprint density at radius 2 is 2.00 bits per heavy atom. The van der Waals surface area contributed by atoms with Crippen molar-refractivity contribution in [3.63, 3.8) is 0 Å². The summed E-state index contributed by atoms with van der Waals surface area (Å²) in [5.41, 5.74) is 3.16. The molecule has 1 atom stereocenters. The molecule has 2 N–H and O–H groups in total. The summed E-state index contributed by atoms with van der Waals surface area (Å²) in [6.45, 7) is 5.05. The van der Waals surface area contributed by atoms with Crippen LogP contribution in [0.1, 0.15) is 25.5 Å². The molecule has 0 bridgehead atoms. The molecule has 2 aromatic rings. The van der Waals surface area contributed by atoms with Gasteiger partial charge in [-0.15, -0.1) is 0 Å². The highest BCUT2D eigenvalue weighted by atomic mass is 35.5. The van der Waals surface area contributed by atoms with Crippen LogP contribution in [0.3, 0.4) is 0 Å². The lowest BCUT2D eigenvalue weighted by atomic mass is 10.1. The van der Waals surface area contributed by atoms with Crippen molar-refractivity contribution < 1.29 is 0 Å². The fraction of sp³-hybridized carbons (Fsp3) is 0.267. The number of hydrogen-bond acceptors (Lipinski definition) is 3. The van der Waals surface area contributed by atoms with Crippen LogP contribution in [0.25, 0.3) is 0 Å². The first-order valence-electron chi connectivity index (χ1n) is 6.40. The average Bonchev–Trinajstić information content (AvgIpc) is 2.39. The van der Waals surface area contributed by atoms with Crippen LogP contribution in [0.5, 0.6) is 0 Å². The molecular formula is C15H18ClN3. The molecule has 1 unspecified atom stereocenters. The largest absolute Gasteiger partial charge is 0.384 e. The van der Waals surface area contributed by atoms with Crippen molar-refractivity contribution in [2.45, 2.75) is 19.9 Å². The summed E-state index contributed by atoms with van der Waals surface area (Å²) in [4.78, 5) is 4.22. The number of rotatable bonds is 5. The molecule has 0 aliphatic rings. The van der Waals surface area contributed by atoms with Gasteiger partial charge in [-0.2, -0.15) is 0 Å². The van der Waals surface area contributed by atoms with Crippen LogP contribution >= 0.6 is 11.6 Å². The molecule has 0 radical (unpaired) electrons. The predicted molar refractivity (Wildman–Crippen MR) is 81.9 cm³/mol. The quantitative estimate of drug-likeness (QED) is 0.852. The van der Waals surface area contributed by atoms with Gasteiger partial charge < -0.3 is 10.6 Å². The number of anilines is 2. The second-order valence-corrected chi connectivity index (χ2v) is 4.85. The lowest BCUT2D eigenvalue weighted by molar-refractivity contribution is 0.883. The van der Waals surface area contributed by atoms with Gasteiger partial charge >= 0.3 is 0 Å². The minimum absolute atomic E-state index is 0.178. The topological polar surface area (TPSA) is 37.0 Å². The van der Waals surface area contributed by atoms with Gasteiger partial charge in [0.25, 0.3) is 0 Å². The molecule has 2 rings (SSSR count). The minimum Gasteiger partial charge on any atom is -0.384 e. The number of pyridine rings is 1. The number of benzene rings is 1. The van der Waals surface area contributed by atoms with E-state index in [1.54, 1.807) is 0 Å². The second-order valence-electron chi connectivity index (χ2n) is 4.41. The van der Waals surface area contributed by atoms with Crippen molar-refractivity contribution >= 4 is 23.0 Å². The molecule has 1 aromatic carbocycles. The molecule has 1 aromatic heterocycles. The number of aromatic nitrogens is 1. The van der Waals surface area contributed by atoms with Gasteiger partial charge in [0.1, 0.15) is 0 Å². The molecule has 0 amide bonds. The van der Waals surface area contributed by atoms with Gasteiger partial charge in [0, 0.05) is 17.6 Å². The molecule has 0 aliphatic carbocycles. The molecule has 4 heteroatoms. The maximum Gasteiger partial charge on any atom is 0.0552 e. The third kappa shape index (κ3) is 3.86. The highest BCUT2D eigenvalue weighted by Gasteiger charge is 2.06. The Balaban J connectivity index is 2.10. The first-order chi connectivity index (χ1) is 9.19. The molecule has 0 aliphatic heterocycles. The van der Waals surface area contributed by atoms with Gasteiger partial charge in [-0.25, -0.2) is 0 Å². The Bertz CT molecular complexity index is 542. The smallest absolute Gasteiger partial charge is 0.0552 e. The van der Waals surface area contributed by atoms with E-state index in [2.05, 4.69) is 41.6 Å². The van der Waals surface area contributed by atoms with E-state index in [0.717, 1.165) is 28.5 Å². The molecule has 100 valence electrons. The molecule has 0 spiro atoms. The lowest BCUT2D eigenvalue weighted by Crippen LogP contribution is -2.07. The van der Waals surface area contributed by atoms with E-state index in [9.17, 15) is 0 Å². The van der Waals surface area contributed by atoms with Gasteiger partial charge in [0.05, 0.1) is 23.8 Å². The molecule has 0 saturated carbocycles. The molecule has 0 saturated heterocycles. The lowest BCUT2D eigenvalue weighted by Gasteiger charge is -2.16. The third-order valence-electron chi connectivity index (χ3n) is 2.85. The van der Waals surface area contributed by atoms with Crippen LogP contribution in [0, 0.1) is 0 Å². The minimum atomic E-state index is 0.178. The molecule has 1 heterocycles. The zero-order chi connectivity index (χ0) is 13.7. The van der Waals surface area contributed by atoms with E-state index in [1.165, 1.54) is 0 Å². The summed E-state index contributed by atoms with van der Waals surface area (Å²) in [6.07, 6.45) is 3.64. The predicted octanol–water partition coefficient (Wildman–Crippen LogP) is 4.34. The Kier molecular flexibility index (Phi) is 4.63. The van der Waals surface area contributed by atoms with E-state index >= 15 is 0 Å². The summed E-state index contributed by atoms with van der Waals surface area (Å²) in [5, 5.41) is 7.42. The fourth-order valence-corrected chi connectivity index (χ4v) is 2.13. The van der Waals surface area contributed by atoms with Crippen LogP contribution in [-0.4, -0.2) is 11.5 Å². The van der Waals surface area contributed by atoms with E-state index in [1.807, 2.05) is 30.6 Å². The molecule has 19 heavy (non-hydrogen) atoms. The normalized spacial score (nSPS) is 11.9. The van der Waals surface area contributed by atoms with E-state index in [-0.39, 0.29) is 6.04 Å². The molecular weight excluding hydrogens is 258 g/mol. The van der Waals surface area contributed by atoms with Gasteiger partial charge in [-0.1, -0.05) is 23.7 Å². The number of nitrogens with one attached hydrogen (secondary N) is 2. The fourth-order valence-electron chi connectivity index (χ4n) is 1.93. The van der Waals surface area contributed by atoms with Crippen molar-refractivity contribution in [3.05, 3.63) is 53.3 Å². The van der Waals surface area contributed by atoms with Gasteiger partial charge in [0.2, 0.25) is 0 Å². The van der Waals surface area contributed by atoms with Crippen LogP contribution in [0.15, 0.2) is 42.7 Å². The van der Waals surface area contributed by atoms with E-state index < -0.39 is 0 Å². The molecule has 0 fully saturated rings. The summed E-state index contributed by atoms with van der Waals surface area (Å²) in [5.74, 6) is 0. The van der Waals surface area contributed by atoms with Crippen LogP contribution < -0.4 is 10.6 Å². The van der Waals surface area contributed by atoms with Crippen LogP contribution in [-0.2, 0) is 0 Å². The van der Waals surface area contributed by atoms with Gasteiger partial charge in [0.15, 0.2) is 0 Å². The summed E-state index contributed by atoms with van der Waals surface area (Å²) in [6, 6.07) is 10.1. The number of nitrogens with zero attached hydrogens (tertiary/aromatic N) is 1. The van der Waals surface area contributed by atoms with Crippen molar-refractivity contribution in [1.82, 2.24) is 4.98 Å². The Hall–Kier alpha value is -1.74. The maximum atomic E-state index is 6.01. The Morgan fingerprint density at radius 1 is 1.21 bits per heavy atom. The van der Waals surface area contributed by atoms with E-state index in [0.29, 0.717) is 0 Å². The highest BCUT2D eigenvalue weighted by molar-refractivity contribution is 6.30. The number of halogens is 1. The average molecular weight is 276 g/mol. The van der Waals surface area contributed by atoms with Gasteiger partial charge in [-0.05, 0) is 37.6 Å². The summed E-state index contributed by atoms with van der Waals surface area (Å²) >= 11 is 6.01. The SMILES string of the molecule is CCNc1cncc(NC(C)c2cccc(Cl)c2)c1. The van der Waals surface area contributed by atoms with Crippen LogP contribution in [0.2, 0.25) is 5.02 Å². The van der Waals surface area contributed by atoms with Gasteiger partial charge in [-0.3, -0.25) is 4.98 Å². The summed E-state index contributed by atoms with van der Waals surface area (Å²) in [7, 11) is 0. The molecule has 3 nitrogen and oxygen atoms in total. The van der Waals surface area contributed by atoms with Crippen molar-refractivity contribution in [2.24, 2.45) is 0 Å². The zero-order valence-electron chi connectivity index (χ0n) is 11.2. The van der Waals surface area contributed by atoms with Crippen molar-refractivity contribution in [2.75, 3.05) is 17.2 Å². The highest BCUT2D eigenvalue weighted by Crippen LogP contribution is 2.22. The maximum absolute atomic E-state index is 6.01.